The fourth-order valence-electron chi connectivity index (χ4n) is 5.39. The highest BCUT2D eigenvalue weighted by Crippen LogP contribution is 2.21. The van der Waals surface area contributed by atoms with E-state index in [4.69, 9.17) is 5.73 Å². The molecule has 0 aliphatic rings. The Labute approximate surface area is 272 Å². The molecule has 5 N–H and O–H groups in total. The first-order valence-corrected chi connectivity index (χ1v) is 17.3. The van der Waals surface area contributed by atoms with Crippen molar-refractivity contribution in [2.24, 2.45) is 35.3 Å². The first-order valence-electron chi connectivity index (χ1n) is 17.3. The van der Waals surface area contributed by atoms with Crippen LogP contribution in [0.5, 0.6) is 0 Å². The summed E-state index contributed by atoms with van der Waals surface area (Å²) in [6, 6.07) is -2.05. The van der Waals surface area contributed by atoms with Crippen LogP contribution in [0, 0.1) is 29.6 Å². The highest BCUT2D eigenvalue weighted by Gasteiger charge is 2.34. The maximum atomic E-state index is 13.4. The number of unbranched alkanes of at least 4 members (excludes halogenated alkanes) is 9. The lowest BCUT2D eigenvalue weighted by Crippen LogP contribution is -2.51. The zero-order valence-electron chi connectivity index (χ0n) is 29.5. The number of ketones is 2. The Kier molecular flexibility index (Phi) is 22.1. The van der Waals surface area contributed by atoms with Crippen molar-refractivity contribution in [2.75, 3.05) is 6.54 Å². The van der Waals surface area contributed by atoms with E-state index in [1.54, 1.807) is 27.7 Å². The van der Waals surface area contributed by atoms with Gasteiger partial charge in [-0.15, -0.1) is 0 Å². The molecule has 0 saturated carbocycles. The van der Waals surface area contributed by atoms with Crippen LogP contribution >= 0.6 is 0 Å². The number of Topliss-reactive ketones (excluding diaryl/α,β-unsaturated/α-hetero) is 2. The minimum absolute atomic E-state index is 0.0842. The van der Waals surface area contributed by atoms with E-state index in [0.717, 1.165) is 19.3 Å². The molecule has 0 aliphatic heterocycles. The highest BCUT2D eigenvalue weighted by molar-refractivity contribution is 5.96. The second kappa shape index (κ2) is 23.5. The van der Waals surface area contributed by atoms with Crippen molar-refractivity contribution >= 4 is 35.2 Å². The maximum Gasteiger partial charge on any atom is 0.240 e. The lowest BCUT2D eigenvalue weighted by atomic mass is 9.84. The van der Waals surface area contributed by atoms with Gasteiger partial charge in [0.05, 0.1) is 12.5 Å². The summed E-state index contributed by atoms with van der Waals surface area (Å²) in [6.07, 6.45) is 11.5. The number of nitrogens with two attached hydrogens (primary N) is 1. The molecule has 10 heteroatoms. The third kappa shape index (κ3) is 18.7. The second-order valence-corrected chi connectivity index (χ2v) is 13.7. The molecule has 10 nitrogen and oxygen atoms in total. The first kappa shape index (κ1) is 42.2. The van der Waals surface area contributed by atoms with Crippen LogP contribution < -0.4 is 21.7 Å². The monoisotopic (exact) mass is 636 g/mol. The molecule has 0 spiro atoms. The van der Waals surface area contributed by atoms with Crippen molar-refractivity contribution in [1.29, 1.82) is 0 Å². The minimum atomic E-state index is -1.21. The summed E-state index contributed by atoms with van der Waals surface area (Å²) in [5, 5.41) is 8.22. The Bertz CT molecular complexity index is 933. The molecule has 0 heterocycles. The minimum Gasteiger partial charge on any atom is -0.368 e. The maximum absolute atomic E-state index is 13.4. The average Bonchev–Trinajstić information content (AvgIpc) is 2.94. The van der Waals surface area contributed by atoms with Crippen LogP contribution in [0.1, 0.15) is 139 Å². The van der Waals surface area contributed by atoms with Crippen molar-refractivity contribution in [3.8, 4) is 0 Å². The predicted octanol–water partition coefficient (Wildman–Crippen LogP) is 5.01. The Morgan fingerprint density at radius 3 is 1.51 bits per heavy atom. The Morgan fingerprint density at radius 1 is 0.600 bits per heavy atom. The van der Waals surface area contributed by atoms with Gasteiger partial charge >= 0.3 is 0 Å². The number of rotatable bonds is 26. The van der Waals surface area contributed by atoms with E-state index in [-0.39, 0.29) is 60.4 Å². The Morgan fingerprint density at radius 2 is 1.07 bits per heavy atom. The molecular weight excluding hydrogens is 572 g/mol. The molecule has 260 valence electrons. The van der Waals surface area contributed by atoms with Gasteiger partial charge in [0.25, 0.3) is 0 Å². The van der Waals surface area contributed by atoms with E-state index in [9.17, 15) is 28.8 Å². The average molecular weight is 637 g/mol. The van der Waals surface area contributed by atoms with Crippen LogP contribution in [0.25, 0.3) is 0 Å². The number of amides is 4. The van der Waals surface area contributed by atoms with Crippen LogP contribution in [0.15, 0.2) is 0 Å². The summed E-state index contributed by atoms with van der Waals surface area (Å²) in [5.74, 6) is -4.51. The molecule has 0 rings (SSSR count). The van der Waals surface area contributed by atoms with E-state index in [1.807, 2.05) is 13.8 Å². The van der Waals surface area contributed by atoms with Crippen LogP contribution in [0.3, 0.4) is 0 Å². The summed E-state index contributed by atoms with van der Waals surface area (Å²) in [4.78, 5) is 76.1. The van der Waals surface area contributed by atoms with Gasteiger partial charge in [-0.2, -0.15) is 0 Å². The predicted molar refractivity (Wildman–Crippen MR) is 179 cm³/mol. The molecule has 0 radical (unpaired) electrons. The summed E-state index contributed by atoms with van der Waals surface area (Å²) >= 11 is 0. The molecule has 0 aromatic rings. The summed E-state index contributed by atoms with van der Waals surface area (Å²) in [6.45, 7) is 15.0. The standard InChI is InChI=1S/C35H64N4O6/c1-9-10-11-12-13-14-15-16-17-18-19-37-31(42)22-29(33(36)43)38-34(44)28(24(4)5)21-30(41)32(25(6)7)39-35(45)27(23(2)3)20-26(8)40/h23-25,27-29,32H,9-22H2,1-8H3,(H2,36,43)(H,37,42)(H,38,44)(H,39,45)/t27-,28-,29-,32+/m0/s1. The number of nitrogens with one attached hydrogen (secondary N) is 3. The van der Waals surface area contributed by atoms with Gasteiger partial charge in [0.1, 0.15) is 11.8 Å². The molecule has 0 aliphatic carbocycles. The molecule has 45 heavy (non-hydrogen) atoms. The van der Waals surface area contributed by atoms with E-state index < -0.39 is 35.7 Å². The van der Waals surface area contributed by atoms with Crippen LogP contribution in [-0.2, 0) is 28.8 Å². The highest BCUT2D eigenvalue weighted by atomic mass is 16.2. The third-order valence-corrected chi connectivity index (χ3v) is 8.42. The summed E-state index contributed by atoms with van der Waals surface area (Å²) in [5.41, 5.74) is 5.53. The van der Waals surface area contributed by atoms with Gasteiger partial charge in [0.15, 0.2) is 5.78 Å². The summed E-state index contributed by atoms with van der Waals surface area (Å²) in [7, 11) is 0. The van der Waals surface area contributed by atoms with Gasteiger partial charge in [0.2, 0.25) is 23.6 Å². The van der Waals surface area contributed by atoms with Gasteiger partial charge in [-0.1, -0.05) is 106 Å². The molecule has 0 fully saturated rings. The van der Waals surface area contributed by atoms with Crippen molar-refractivity contribution < 1.29 is 28.8 Å². The molecular formula is C35H64N4O6. The Balaban J connectivity index is 5.02. The Hall–Kier alpha value is -2.78. The third-order valence-electron chi connectivity index (χ3n) is 8.42. The summed E-state index contributed by atoms with van der Waals surface area (Å²) < 4.78 is 0. The zero-order valence-corrected chi connectivity index (χ0v) is 29.5. The largest absolute Gasteiger partial charge is 0.368 e. The fourth-order valence-corrected chi connectivity index (χ4v) is 5.39. The molecule has 0 aromatic carbocycles. The van der Waals surface area contributed by atoms with E-state index in [0.29, 0.717) is 6.54 Å². The molecule has 0 aromatic heterocycles. The number of hydrogen-bond donors (Lipinski definition) is 4. The molecule has 4 amide bonds. The molecule has 0 bridgehead atoms. The smallest absolute Gasteiger partial charge is 0.240 e. The van der Waals surface area contributed by atoms with Gasteiger partial charge in [-0.25, -0.2) is 0 Å². The second-order valence-electron chi connectivity index (χ2n) is 13.7. The van der Waals surface area contributed by atoms with Crippen molar-refractivity contribution in [3.63, 3.8) is 0 Å². The van der Waals surface area contributed by atoms with Crippen molar-refractivity contribution in [3.05, 3.63) is 0 Å². The topological polar surface area (TPSA) is 165 Å². The van der Waals surface area contributed by atoms with Gasteiger partial charge in [-0.05, 0) is 31.1 Å². The molecule has 0 saturated heterocycles. The van der Waals surface area contributed by atoms with Crippen LogP contribution in [0.4, 0.5) is 0 Å². The van der Waals surface area contributed by atoms with E-state index in [1.165, 1.54) is 51.9 Å². The number of primary amides is 1. The van der Waals surface area contributed by atoms with Gasteiger partial charge in [-0.3, -0.25) is 24.0 Å². The SMILES string of the molecule is CCCCCCCCCCCCNC(=O)C[C@H](NC(=O)[C@@H](CC(=O)[C@H](NC(=O)[C@@H](CC(C)=O)C(C)C)C(C)C)C(C)C)C(N)=O. The first-order chi connectivity index (χ1) is 21.1. The van der Waals surface area contributed by atoms with Crippen molar-refractivity contribution in [1.82, 2.24) is 16.0 Å². The van der Waals surface area contributed by atoms with Crippen LogP contribution in [0.2, 0.25) is 0 Å². The normalized spacial score (nSPS) is 14.1. The zero-order chi connectivity index (χ0) is 34.5. The quantitative estimate of drug-likeness (QED) is 0.0975. The van der Waals surface area contributed by atoms with Crippen molar-refractivity contribution in [2.45, 2.75) is 151 Å². The van der Waals surface area contributed by atoms with Crippen LogP contribution in [-0.4, -0.2) is 53.8 Å². The molecule has 4 atom stereocenters. The number of carbonyl (C=O) groups is 6. The van der Waals surface area contributed by atoms with Gasteiger partial charge < -0.3 is 26.5 Å². The number of hydrogen-bond acceptors (Lipinski definition) is 6. The fraction of sp³-hybridized carbons (Fsp3) is 0.829. The van der Waals surface area contributed by atoms with E-state index >= 15 is 0 Å². The van der Waals surface area contributed by atoms with E-state index in [2.05, 4.69) is 22.9 Å². The molecule has 0 unspecified atom stereocenters. The lowest BCUT2D eigenvalue weighted by Gasteiger charge is -2.28. The number of carbonyl (C=O) groups excluding carboxylic acids is 6. The lowest BCUT2D eigenvalue weighted by molar-refractivity contribution is -0.137. The van der Waals surface area contributed by atoms with Gasteiger partial charge in [0, 0.05) is 31.2 Å².